The Bertz CT molecular complexity index is 816. The first-order valence-corrected chi connectivity index (χ1v) is 9.49. The summed E-state index contributed by atoms with van der Waals surface area (Å²) in [5, 5.41) is 2.91. The molecular formula is C20H25N5O2. The van der Waals surface area contributed by atoms with Crippen LogP contribution in [0.1, 0.15) is 24.6 Å². The highest BCUT2D eigenvalue weighted by atomic mass is 16.5. The third-order valence-electron chi connectivity index (χ3n) is 5.12. The topological polar surface area (TPSA) is 70.6 Å². The molecule has 1 atom stereocenters. The van der Waals surface area contributed by atoms with E-state index < -0.39 is 6.10 Å². The number of nitrogens with zero attached hydrogens (tertiary/aromatic N) is 4. The number of amides is 1. The minimum absolute atomic E-state index is 0.0933. The summed E-state index contributed by atoms with van der Waals surface area (Å²) >= 11 is 0. The van der Waals surface area contributed by atoms with E-state index in [-0.39, 0.29) is 5.91 Å². The summed E-state index contributed by atoms with van der Waals surface area (Å²) in [4.78, 5) is 25.6. The Kier molecular flexibility index (Phi) is 4.94. The van der Waals surface area contributed by atoms with Gasteiger partial charge in [-0.2, -0.15) is 0 Å². The van der Waals surface area contributed by atoms with Gasteiger partial charge in [0.1, 0.15) is 5.69 Å². The molecule has 7 nitrogen and oxygen atoms in total. The Morgan fingerprint density at radius 3 is 2.70 bits per heavy atom. The molecule has 0 bridgehead atoms. The normalized spacial score (nSPS) is 20.0. The Labute approximate surface area is 159 Å². The highest BCUT2D eigenvalue weighted by Crippen LogP contribution is 2.29. The molecule has 2 aromatic heterocycles. The second-order valence-electron chi connectivity index (χ2n) is 7.12. The lowest BCUT2D eigenvalue weighted by molar-refractivity contribution is -0.123. The lowest BCUT2D eigenvalue weighted by Crippen LogP contribution is -2.46. The van der Waals surface area contributed by atoms with Crippen LogP contribution < -0.4 is 15.0 Å². The molecule has 4 heterocycles. The Hall–Kier alpha value is -2.67. The molecule has 1 fully saturated rings. The molecule has 1 N–H and O–H groups in total. The monoisotopic (exact) mass is 367 g/mol. The number of pyridine rings is 2. The summed E-state index contributed by atoms with van der Waals surface area (Å²) in [7, 11) is 0. The van der Waals surface area contributed by atoms with Gasteiger partial charge < -0.3 is 15.0 Å². The van der Waals surface area contributed by atoms with Crippen molar-refractivity contribution in [3.63, 3.8) is 0 Å². The number of hydrogen-bond acceptors (Lipinski definition) is 6. The van der Waals surface area contributed by atoms with Crippen molar-refractivity contribution in [2.24, 2.45) is 0 Å². The van der Waals surface area contributed by atoms with E-state index in [4.69, 9.17) is 4.74 Å². The first kappa shape index (κ1) is 17.7. The number of hydrogen-bond donors (Lipinski definition) is 1. The van der Waals surface area contributed by atoms with E-state index in [0.29, 0.717) is 18.0 Å². The Morgan fingerprint density at radius 2 is 2.00 bits per heavy atom. The Balaban J connectivity index is 1.36. The average molecular weight is 367 g/mol. The van der Waals surface area contributed by atoms with E-state index >= 15 is 0 Å². The number of aryl methyl sites for hydroxylation is 1. The zero-order valence-electron chi connectivity index (χ0n) is 15.8. The van der Waals surface area contributed by atoms with Gasteiger partial charge in [-0.15, -0.1) is 0 Å². The molecule has 0 spiro atoms. The summed E-state index contributed by atoms with van der Waals surface area (Å²) in [6.07, 6.45) is 3.99. The number of ether oxygens (including phenoxy) is 1. The average Bonchev–Trinajstić information content (AvgIpc) is 2.69. The summed E-state index contributed by atoms with van der Waals surface area (Å²) in [5.41, 5.74) is 3.98. The molecule has 1 amide bonds. The highest BCUT2D eigenvalue weighted by molar-refractivity contribution is 5.97. The van der Waals surface area contributed by atoms with Gasteiger partial charge in [0.2, 0.25) is 5.88 Å². The van der Waals surface area contributed by atoms with Gasteiger partial charge in [-0.1, -0.05) is 6.92 Å². The maximum atomic E-state index is 12.0. The van der Waals surface area contributed by atoms with Crippen LogP contribution in [-0.4, -0.2) is 53.1 Å². The fourth-order valence-electron chi connectivity index (χ4n) is 3.51. The van der Waals surface area contributed by atoms with Gasteiger partial charge >= 0.3 is 0 Å². The number of piperazine rings is 1. The molecule has 4 rings (SSSR count). The summed E-state index contributed by atoms with van der Waals surface area (Å²) in [6.45, 7) is 8.65. The van der Waals surface area contributed by atoms with Gasteiger partial charge in [0.15, 0.2) is 6.10 Å². The number of fused-ring (bicyclic) bond motifs is 1. The highest BCUT2D eigenvalue weighted by Gasteiger charge is 2.27. The predicted octanol–water partition coefficient (Wildman–Crippen LogP) is 2.22. The van der Waals surface area contributed by atoms with E-state index in [1.54, 1.807) is 0 Å². The molecule has 2 aromatic rings. The number of carbonyl (C=O) groups is 1. The quantitative estimate of drug-likeness (QED) is 0.894. The van der Waals surface area contributed by atoms with Crippen molar-refractivity contribution in [3.05, 3.63) is 41.9 Å². The minimum atomic E-state index is -0.444. The summed E-state index contributed by atoms with van der Waals surface area (Å²) in [5.74, 6) is 0.422. The van der Waals surface area contributed by atoms with Crippen molar-refractivity contribution >= 4 is 17.3 Å². The van der Waals surface area contributed by atoms with Gasteiger partial charge in [-0.05, 0) is 37.1 Å². The van der Waals surface area contributed by atoms with Crippen LogP contribution in [-0.2, 0) is 11.3 Å². The van der Waals surface area contributed by atoms with Crippen LogP contribution in [0.25, 0.3) is 0 Å². The second-order valence-corrected chi connectivity index (χ2v) is 7.12. The molecule has 1 unspecified atom stereocenters. The van der Waals surface area contributed by atoms with E-state index in [1.165, 1.54) is 5.69 Å². The molecule has 27 heavy (non-hydrogen) atoms. The van der Waals surface area contributed by atoms with Crippen LogP contribution in [0.3, 0.4) is 0 Å². The zero-order valence-corrected chi connectivity index (χ0v) is 15.8. The third-order valence-corrected chi connectivity index (χ3v) is 5.12. The van der Waals surface area contributed by atoms with Gasteiger partial charge in [0.25, 0.3) is 5.91 Å². The molecule has 0 saturated carbocycles. The molecular weight excluding hydrogens is 342 g/mol. The van der Waals surface area contributed by atoms with E-state index in [9.17, 15) is 4.79 Å². The zero-order chi connectivity index (χ0) is 18.8. The third kappa shape index (κ3) is 3.88. The maximum absolute atomic E-state index is 12.0. The maximum Gasteiger partial charge on any atom is 0.265 e. The van der Waals surface area contributed by atoms with Crippen molar-refractivity contribution in [2.75, 3.05) is 36.4 Å². The Morgan fingerprint density at radius 1 is 1.19 bits per heavy atom. The second kappa shape index (κ2) is 7.52. The lowest BCUT2D eigenvalue weighted by atomic mass is 10.1. The number of rotatable bonds is 4. The van der Waals surface area contributed by atoms with Crippen LogP contribution in [0.15, 0.2) is 30.6 Å². The van der Waals surface area contributed by atoms with Crippen molar-refractivity contribution in [1.29, 1.82) is 0 Å². The number of anilines is 2. The van der Waals surface area contributed by atoms with Crippen molar-refractivity contribution in [1.82, 2.24) is 14.9 Å². The molecule has 2 aliphatic rings. The fraction of sp³-hybridized carbons (Fsp3) is 0.450. The van der Waals surface area contributed by atoms with Gasteiger partial charge in [0.05, 0.1) is 11.9 Å². The van der Waals surface area contributed by atoms with Crippen molar-refractivity contribution in [2.45, 2.75) is 32.9 Å². The molecule has 0 radical (unpaired) electrons. The first-order valence-electron chi connectivity index (χ1n) is 9.49. The van der Waals surface area contributed by atoms with Crippen LogP contribution in [0.4, 0.5) is 11.4 Å². The van der Waals surface area contributed by atoms with Crippen LogP contribution in [0, 0.1) is 6.92 Å². The van der Waals surface area contributed by atoms with Crippen LogP contribution >= 0.6 is 0 Å². The molecule has 1 saturated heterocycles. The van der Waals surface area contributed by atoms with Gasteiger partial charge in [0, 0.05) is 44.6 Å². The fourth-order valence-corrected chi connectivity index (χ4v) is 3.51. The van der Waals surface area contributed by atoms with Crippen molar-refractivity contribution in [3.8, 4) is 5.88 Å². The SMILES string of the molecule is CCC1Oc2ncc(CN3CCN(c4ccc(C)nc4)CC3)cc2NC1=O. The number of aromatic nitrogens is 2. The van der Waals surface area contributed by atoms with Gasteiger partial charge in [-0.25, -0.2) is 4.98 Å². The smallest absolute Gasteiger partial charge is 0.265 e. The summed E-state index contributed by atoms with van der Waals surface area (Å²) < 4.78 is 5.66. The van der Waals surface area contributed by atoms with Crippen LogP contribution in [0.2, 0.25) is 0 Å². The van der Waals surface area contributed by atoms with E-state index in [1.807, 2.05) is 32.3 Å². The lowest BCUT2D eigenvalue weighted by Gasteiger charge is -2.36. The summed E-state index contributed by atoms with van der Waals surface area (Å²) in [6, 6.07) is 6.17. The van der Waals surface area contributed by atoms with Crippen molar-refractivity contribution < 1.29 is 9.53 Å². The first-order chi connectivity index (χ1) is 13.1. The standard InChI is InChI=1S/C20H25N5O2/c1-3-18-19(26)23-17-10-15(11-22-20(17)27-18)13-24-6-8-25(9-7-24)16-5-4-14(2)21-12-16/h4-5,10-12,18H,3,6-9,13H2,1-2H3,(H,23,26). The van der Waals surface area contributed by atoms with Crippen LogP contribution in [0.5, 0.6) is 5.88 Å². The molecule has 2 aliphatic heterocycles. The largest absolute Gasteiger partial charge is 0.463 e. The predicted molar refractivity (Wildman–Crippen MR) is 104 cm³/mol. The van der Waals surface area contributed by atoms with E-state index in [2.05, 4.69) is 37.2 Å². The van der Waals surface area contributed by atoms with E-state index in [0.717, 1.165) is 44.0 Å². The number of nitrogens with one attached hydrogen (secondary N) is 1. The minimum Gasteiger partial charge on any atom is -0.463 e. The molecule has 142 valence electrons. The van der Waals surface area contributed by atoms with Gasteiger partial charge in [-0.3, -0.25) is 14.7 Å². The molecule has 0 aliphatic carbocycles. The number of carbonyl (C=O) groups excluding carboxylic acids is 1. The molecule has 0 aromatic carbocycles. The molecule has 7 heteroatoms.